The molecule has 6 nitrogen and oxygen atoms in total. The molecule has 0 radical (unpaired) electrons. The quantitative estimate of drug-likeness (QED) is 0.260. The number of nitrogens with zero attached hydrogens (tertiary/aromatic N) is 4. The van der Waals surface area contributed by atoms with Gasteiger partial charge in [0.2, 0.25) is 0 Å². The van der Waals surface area contributed by atoms with Gasteiger partial charge in [0.15, 0.2) is 5.65 Å². The zero-order chi connectivity index (χ0) is 26.6. The molecule has 1 fully saturated rings. The number of fused-ring (bicyclic) bond motifs is 2. The van der Waals surface area contributed by atoms with Crippen molar-refractivity contribution in [2.75, 3.05) is 13.1 Å². The number of aromatic amines is 2. The summed E-state index contributed by atoms with van der Waals surface area (Å²) >= 11 is 0. The molecule has 1 aliphatic heterocycles. The van der Waals surface area contributed by atoms with E-state index in [1.807, 2.05) is 42.5 Å². The SMILES string of the molecule is Fc1cccc(-c2cccc3[nH]c(-c4[nH]nc5ncc(-c6cncc(CN7CCC(F)(F)C7)c6)cc45)cc23)c1. The highest BCUT2D eigenvalue weighted by Crippen LogP contribution is 2.35. The van der Waals surface area contributed by atoms with E-state index in [1.165, 1.54) is 12.1 Å². The van der Waals surface area contributed by atoms with E-state index in [0.717, 1.165) is 55.5 Å². The van der Waals surface area contributed by atoms with Crippen LogP contribution in [0.5, 0.6) is 0 Å². The Labute approximate surface area is 221 Å². The van der Waals surface area contributed by atoms with Crippen LogP contribution < -0.4 is 0 Å². The number of likely N-dealkylation sites (tertiary alicyclic amines) is 1. The Morgan fingerprint density at radius 3 is 2.62 bits per heavy atom. The van der Waals surface area contributed by atoms with Crippen molar-refractivity contribution >= 4 is 21.9 Å². The fourth-order valence-corrected chi connectivity index (χ4v) is 5.39. The molecule has 2 N–H and O–H groups in total. The predicted molar refractivity (Wildman–Crippen MR) is 145 cm³/mol. The first-order valence-electron chi connectivity index (χ1n) is 12.7. The molecule has 0 spiro atoms. The number of alkyl halides is 2. The van der Waals surface area contributed by atoms with Crippen molar-refractivity contribution in [3.8, 4) is 33.6 Å². The van der Waals surface area contributed by atoms with Gasteiger partial charge in [0.05, 0.1) is 17.9 Å². The molecule has 0 aliphatic carbocycles. The Morgan fingerprint density at radius 1 is 0.897 bits per heavy atom. The zero-order valence-electron chi connectivity index (χ0n) is 20.8. The smallest absolute Gasteiger partial charge is 0.261 e. The number of H-pyrrole nitrogens is 2. The summed E-state index contributed by atoms with van der Waals surface area (Å²) in [4.78, 5) is 14.1. The van der Waals surface area contributed by atoms with Crippen molar-refractivity contribution in [3.05, 3.63) is 90.6 Å². The highest BCUT2D eigenvalue weighted by atomic mass is 19.3. The third-order valence-electron chi connectivity index (χ3n) is 7.26. The molecule has 4 aromatic heterocycles. The van der Waals surface area contributed by atoms with E-state index >= 15 is 0 Å². The molecule has 1 aliphatic rings. The number of rotatable bonds is 5. The Morgan fingerprint density at radius 2 is 1.77 bits per heavy atom. The minimum absolute atomic E-state index is 0.110. The van der Waals surface area contributed by atoms with Gasteiger partial charge in [0.1, 0.15) is 5.82 Å². The van der Waals surface area contributed by atoms with Crippen molar-refractivity contribution in [3.63, 3.8) is 0 Å². The number of aromatic nitrogens is 5. The largest absolute Gasteiger partial charge is 0.353 e. The van der Waals surface area contributed by atoms with Crippen molar-refractivity contribution in [2.45, 2.75) is 18.9 Å². The molecular formula is C30H23F3N6. The van der Waals surface area contributed by atoms with Gasteiger partial charge in [-0.05, 0) is 53.1 Å². The Bertz CT molecular complexity index is 1840. The summed E-state index contributed by atoms with van der Waals surface area (Å²) in [6.45, 7) is 0.564. The number of pyridine rings is 2. The first-order valence-corrected chi connectivity index (χ1v) is 12.7. The summed E-state index contributed by atoms with van der Waals surface area (Å²) in [5, 5.41) is 9.30. The second-order valence-electron chi connectivity index (χ2n) is 10.1. The predicted octanol–water partition coefficient (Wildman–Crippen LogP) is 6.82. The van der Waals surface area contributed by atoms with E-state index in [9.17, 15) is 13.2 Å². The van der Waals surface area contributed by atoms with Crippen LogP contribution in [0, 0.1) is 5.82 Å². The molecule has 9 heteroatoms. The van der Waals surface area contributed by atoms with E-state index in [2.05, 4.69) is 25.1 Å². The molecule has 1 saturated heterocycles. The molecule has 0 bridgehead atoms. The van der Waals surface area contributed by atoms with Gasteiger partial charge in [-0.2, -0.15) is 5.10 Å². The van der Waals surface area contributed by atoms with Crippen molar-refractivity contribution in [1.29, 1.82) is 0 Å². The number of halogens is 3. The minimum Gasteiger partial charge on any atom is -0.353 e. The number of nitrogens with one attached hydrogen (secondary N) is 2. The summed E-state index contributed by atoms with van der Waals surface area (Å²) in [7, 11) is 0. The lowest BCUT2D eigenvalue weighted by Crippen LogP contribution is -2.24. The van der Waals surface area contributed by atoms with Crippen LogP contribution in [0.3, 0.4) is 0 Å². The van der Waals surface area contributed by atoms with Gasteiger partial charge in [-0.1, -0.05) is 24.3 Å². The van der Waals surface area contributed by atoms with Crippen molar-refractivity contribution in [1.82, 2.24) is 30.0 Å². The number of benzene rings is 2. The average molecular weight is 525 g/mol. The lowest BCUT2D eigenvalue weighted by molar-refractivity contribution is 0.0115. The molecular weight excluding hydrogens is 501 g/mol. The minimum atomic E-state index is -2.63. The van der Waals surface area contributed by atoms with Gasteiger partial charge in [0.25, 0.3) is 5.92 Å². The van der Waals surface area contributed by atoms with E-state index in [1.54, 1.807) is 29.6 Å². The summed E-state index contributed by atoms with van der Waals surface area (Å²) in [5.41, 5.74) is 7.40. The lowest BCUT2D eigenvalue weighted by Gasteiger charge is -2.15. The molecule has 0 unspecified atom stereocenters. The highest BCUT2D eigenvalue weighted by Gasteiger charge is 2.37. The zero-order valence-corrected chi connectivity index (χ0v) is 20.8. The number of hydrogen-bond donors (Lipinski definition) is 2. The van der Waals surface area contributed by atoms with E-state index < -0.39 is 5.92 Å². The van der Waals surface area contributed by atoms with Crippen LogP contribution in [-0.4, -0.2) is 49.1 Å². The summed E-state index contributed by atoms with van der Waals surface area (Å²) in [5.74, 6) is -2.91. The lowest BCUT2D eigenvalue weighted by atomic mass is 10.0. The summed E-state index contributed by atoms with van der Waals surface area (Å²) < 4.78 is 41.2. The molecule has 39 heavy (non-hydrogen) atoms. The van der Waals surface area contributed by atoms with Gasteiger partial charge in [-0.15, -0.1) is 0 Å². The summed E-state index contributed by atoms with van der Waals surface area (Å²) in [6.07, 6.45) is 5.10. The van der Waals surface area contributed by atoms with E-state index in [0.29, 0.717) is 18.7 Å². The Hall–Kier alpha value is -4.50. The first kappa shape index (κ1) is 23.6. The second kappa shape index (κ2) is 9.06. The maximum absolute atomic E-state index is 13.9. The molecule has 0 amide bonds. The fourth-order valence-electron chi connectivity index (χ4n) is 5.39. The second-order valence-corrected chi connectivity index (χ2v) is 10.1. The van der Waals surface area contributed by atoms with Crippen LogP contribution in [-0.2, 0) is 6.54 Å². The van der Waals surface area contributed by atoms with Crippen LogP contribution in [0.25, 0.3) is 55.6 Å². The first-order chi connectivity index (χ1) is 18.9. The van der Waals surface area contributed by atoms with Crippen LogP contribution in [0.4, 0.5) is 13.2 Å². The maximum Gasteiger partial charge on any atom is 0.261 e. The fraction of sp³-hybridized carbons (Fsp3) is 0.167. The topological polar surface area (TPSA) is 73.5 Å². The Balaban J connectivity index is 1.25. The van der Waals surface area contributed by atoms with E-state index in [-0.39, 0.29) is 18.8 Å². The van der Waals surface area contributed by atoms with Crippen molar-refractivity contribution in [2.24, 2.45) is 0 Å². The van der Waals surface area contributed by atoms with Gasteiger partial charge >= 0.3 is 0 Å². The van der Waals surface area contributed by atoms with Crippen LogP contribution in [0.2, 0.25) is 0 Å². The van der Waals surface area contributed by atoms with E-state index in [4.69, 9.17) is 0 Å². The third kappa shape index (κ3) is 4.44. The van der Waals surface area contributed by atoms with Gasteiger partial charge in [-0.3, -0.25) is 15.0 Å². The van der Waals surface area contributed by atoms with Gasteiger partial charge < -0.3 is 4.98 Å². The van der Waals surface area contributed by atoms with Crippen LogP contribution in [0.15, 0.2) is 79.3 Å². The Kier molecular flexibility index (Phi) is 5.48. The molecule has 5 heterocycles. The third-order valence-corrected chi connectivity index (χ3v) is 7.26. The van der Waals surface area contributed by atoms with Gasteiger partial charge in [-0.25, -0.2) is 18.2 Å². The number of hydrogen-bond acceptors (Lipinski definition) is 4. The van der Waals surface area contributed by atoms with Crippen LogP contribution >= 0.6 is 0 Å². The molecule has 0 saturated carbocycles. The monoisotopic (exact) mass is 524 g/mol. The molecule has 0 atom stereocenters. The molecule has 194 valence electrons. The molecule has 7 rings (SSSR count). The highest BCUT2D eigenvalue weighted by molar-refractivity contribution is 6.01. The van der Waals surface area contributed by atoms with Crippen LogP contribution in [0.1, 0.15) is 12.0 Å². The standard InChI is InChI=1S/C30H23F3N6/c31-22-4-1-3-19(10-22)23-5-2-6-26-24(23)12-27(36-26)28-25-11-21(15-35-29(25)38-37-28)20-9-18(13-34-14-20)16-39-8-7-30(32,33)17-39/h1-6,9-15,36H,7-8,16-17H2,(H,35,37,38). The maximum atomic E-state index is 13.9. The summed E-state index contributed by atoms with van der Waals surface area (Å²) in [6, 6.07) is 18.5. The van der Waals surface area contributed by atoms with Gasteiger partial charge in [0, 0.05) is 65.5 Å². The average Bonchev–Trinajstić information content (AvgIpc) is 3.64. The van der Waals surface area contributed by atoms with Crippen molar-refractivity contribution < 1.29 is 13.2 Å². The molecule has 6 aromatic rings. The normalized spacial score (nSPS) is 15.5. The molecule has 2 aromatic carbocycles.